The molecular weight excluding hydrogens is 246 g/mol. The first-order valence-electron chi connectivity index (χ1n) is 5.04. The molecule has 1 aromatic heterocycles. The molecule has 0 saturated heterocycles. The van der Waals surface area contributed by atoms with Crippen molar-refractivity contribution in [2.45, 2.75) is 6.54 Å². The van der Waals surface area contributed by atoms with Gasteiger partial charge in [-0.3, -0.25) is 9.47 Å². The predicted molar refractivity (Wildman–Crippen MR) is 58.1 cm³/mol. The molecule has 0 saturated carbocycles. The number of halogens is 2. The van der Waals surface area contributed by atoms with E-state index in [9.17, 15) is 18.4 Å². The topological polar surface area (TPSA) is 71.3 Å². The molecule has 2 aromatic rings. The summed E-state index contributed by atoms with van der Waals surface area (Å²) in [5.41, 5.74) is 1.57. The van der Waals surface area contributed by atoms with Crippen LogP contribution in [0.4, 0.5) is 8.78 Å². The van der Waals surface area contributed by atoms with E-state index < -0.39 is 28.6 Å². The Morgan fingerprint density at radius 1 is 1.44 bits per heavy atom. The summed E-state index contributed by atoms with van der Waals surface area (Å²) in [6.45, 7) is 0.00259. The van der Waals surface area contributed by atoms with E-state index in [-0.39, 0.29) is 23.0 Å². The first-order chi connectivity index (χ1) is 8.50. The van der Waals surface area contributed by atoms with Crippen molar-refractivity contribution < 1.29 is 18.7 Å². The van der Waals surface area contributed by atoms with Crippen LogP contribution in [0.3, 0.4) is 0 Å². The first kappa shape index (κ1) is 10.7. The second-order valence-corrected chi connectivity index (χ2v) is 3.93. The first-order valence-corrected chi connectivity index (χ1v) is 5.04. The molecular formula is C11H6F2N2O3. The van der Waals surface area contributed by atoms with Crippen molar-refractivity contribution in [3.63, 3.8) is 0 Å². The van der Waals surface area contributed by atoms with Crippen molar-refractivity contribution in [1.82, 2.24) is 4.68 Å². The Morgan fingerprint density at radius 2 is 2.17 bits per heavy atom. The van der Waals surface area contributed by atoms with Crippen LogP contribution >= 0.6 is 0 Å². The van der Waals surface area contributed by atoms with Gasteiger partial charge >= 0.3 is 5.97 Å². The van der Waals surface area contributed by atoms with Gasteiger partial charge in [-0.1, -0.05) is 0 Å². The number of carbonyl (C=O) groups is 1. The van der Waals surface area contributed by atoms with Gasteiger partial charge in [-0.25, -0.2) is 13.6 Å². The molecule has 0 radical (unpaired) electrons. The molecule has 2 heterocycles. The fraction of sp³-hybridized carbons (Fsp3) is 0.0909. The van der Waals surface area contributed by atoms with Gasteiger partial charge in [-0.15, -0.1) is 0 Å². The van der Waals surface area contributed by atoms with Crippen molar-refractivity contribution in [1.29, 1.82) is 0 Å². The lowest BCUT2D eigenvalue weighted by Crippen LogP contribution is -2.20. The molecule has 18 heavy (non-hydrogen) atoms. The summed E-state index contributed by atoms with van der Waals surface area (Å²) in [5.74, 6) is -3.60. The lowest BCUT2D eigenvalue weighted by molar-refractivity contribution is 0.0695. The van der Waals surface area contributed by atoms with Crippen LogP contribution in [0.2, 0.25) is 0 Å². The molecule has 5 nitrogen and oxygen atoms in total. The molecule has 0 aliphatic carbocycles. The Labute approximate surface area is 98.2 Å². The molecule has 7 heteroatoms. The number of hydrogen-bond donors (Lipinski definition) is 2. The van der Waals surface area contributed by atoms with Crippen LogP contribution in [0, 0.1) is 11.6 Å². The smallest absolute Gasteiger partial charge is 0.341 e. The van der Waals surface area contributed by atoms with Gasteiger partial charge in [0.25, 0.3) is 0 Å². The van der Waals surface area contributed by atoms with Crippen molar-refractivity contribution in [3.05, 3.63) is 45.2 Å². The fourth-order valence-electron chi connectivity index (χ4n) is 2.12. The maximum atomic E-state index is 13.5. The van der Waals surface area contributed by atoms with E-state index in [0.29, 0.717) is 0 Å². The number of carboxylic acids is 1. The number of benzene rings is 1. The zero-order valence-electron chi connectivity index (χ0n) is 8.83. The fourth-order valence-corrected chi connectivity index (χ4v) is 2.12. The second-order valence-electron chi connectivity index (χ2n) is 3.93. The third kappa shape index (κ3) is 1.18. The molecule has 3 rings (SSSR count). The summed E-state index contributed by atoms with van der Waals surface area (Å²) in [6.07, 6.45) is 1.07. The van der Waals surface area contributed by atoms with Crippen LogP contribution in [0.15, 0.2) is 17.1 Å². The van der Waals surface area contributed by atoms with E-state index in [4.69, 9.17) is 5.11 Å². The van der Waals surface area contributed by atoms with Crippen molar-refractivity contribution in [2.75, 3.05) is 5.43 Å². The van der Waals surface area contributed by atoms with E-state index >= 15 is 0 Å². The zero-order valence-corrected chi connectivity index (χ0v) is 8.83. The molecule has 0 bridgehead atoms. The number of aromatic carboxylic acids is 1. The maximum absolute atomic E-state index is 13.5. The normalized spacial score (nSPS) is 12.8. The van der Waals surface area contributed by atoms with Gasteiger partial charge in [-0.2, -0.15) is 0 Å². The average Bonchev–Trinajstić information content (AvgIpc) is 2.73. The second kappa shape index (κ2) is 3.28. The third-order valence-electron chi connectivity index (χ3n) is 2.93. The van der Waals surface area contributed by atoms with Gasteiger partial charge in [0.1, 0.15) is 5.56 Å². The summed E-state index contributed by atoms with van der Waals surface area (Å²) in [7, 11) is 0. The van der Waals surface area contributed by atoms with Crippen LogP contribution in [0.1, 0.15) is 15.9 Å². The van der Waals surface area contributed by atoms with E-state index in [0.717, 1.165) is 12.3 Å². The average molecular weight is 252 g/mol. The maximum Gasteiger partial charge on any atom is 0.341 e. The highest BCUT2D eigenvalue weighted by molar-refractivity contribution is 5.94. The van der Waals surface area contributed by atoms with Crippen LogP contribution in [-0.2, 0) is 6.54 Å². The summed E-state index contributed by atoms with van der Waals surface area (Å²) in [5, 5.41) is 8.73. The minimum atomic E-state index is -1.41. The van der Waals surface area contributed by atoms with Crippen LogP contribution in [0.25, 0.3) is 10.9 Å². The van der Waals surface area contributed by atoms with E-state index in [2.05, 4.69) is 5.43 Å². The van der Waals surface area contributed by atoms with Crippen LogP contribution in [-0.4, -0.2) is 15.8 Å². The molecule has 2 N–H and O–H groups in total. The Morgan fingerprint density at radius 3 is 2.83 bits per heavy atom. The van der Waals surface area contributed by atoms with Crippen molar-refractivity contribution in [3.8, 4) is 0 Å². The molecule has 1 aliphatic heterocycles. The number of nitrogens with one attached hydrogen (secondary N) is 1. The van der Waals surface area contributed by atoms with Gasteiger partial charge in [-0.05, 0) is 6.07 Å². The minimum Gasteiger partial charge on any atom is -0.477 e. The van der Waals surface area contributed by atoms with Crippen molar-refractivity contribution >= 4 is 16.9 Å². The SMILES string of the molecule is O=C(O)c1cn2c3c(c(F)c(F)cc3c1=O)CN2. The lowest BCUT2D eigenvalue weighted by Gasteiger charge is -2.06. The molecule has 0 atom stereocenters. The summed E-state index contributed by atoms with van der Waals surface area (Å²) >= 11 is 0. The molecule has 0 amide bonds. The van der Waals surface area contributed by atoms with Gasteiger partial charge in [0.15, 0.2) is 11.6 Å². The van der Waals surface area contributed by atoms with Crippen LogP contribution < -0.4 is 10.9 Å². The van der Waals surface area contributed by atoms with Gasteiger partial charge in [0.2, 0.25) is 5.43 Å². The largest absolute Gasteiger partial charge is 0.477 e. The summed E-state index contributed by atoms with van der Waals surface area (Å²) in [4.78, 5) is 22.7. The number of pyridine rings is 1. The Bertz CT molecular complexity index is 767. The van der Waals surface area contributed by atoms with E-state index in [1.807, 2.05) is 0 Å². The van der Waals surface area contributed by atoms with Crippen LogP contribution in [0.5, 0.6) is 0 Å². The molecule has 0 fully saturated rings. The molecule has 1 aromatic carbocycles. The van der Waals surface area contributed by atoms with E-state index in [1.54, 1.807) is 0 Å². The molecule has 0 spiro atoms. The highest BCUT2D eigenvalue weighted by atomic mass is 19.2. The lowest BCUT2D eigenvalue weighted by atomic mass is 10.1. The quantitative estimate of drug-likeness (QED) is 0.795. The Kier molecular flexibility index (Phi) is 1.95. The van der Waals surface area contributed by atoms with Gasteiger partial charge < -0.3 is 10.5 Å². The monoisotopic (exact) mass is 252 g/mol. The molecule has 1 aliphatic rings. The van der Waals surface area contributed by atoms with E-state index in [1.165, 1.54) is 4.68 Å². The van der Waals surface area contributed by atoms with Crippen molar-refractivity contribution in [2.24, 2.45) is 0 Å². The number of carboxylic acid groups (broad SMARTS) is 1. The highest BCUT2D eigenvalue weighted by Gasteiger charge is 2.24. The summed E-state index contributed by atoms with van der Waals surface area (Å²) < 4.78 is 28.1. The molecule has 92 valence electrons. The zero-order chi connectivity index (χ0) is 13.0. The minimum absolute atomic E-state index is 0.00259. The third-order valence-corrected chi connectivity index (χ3v) is 2.93. The Balaban J connectivity index is 2.56. The molecule has 0 unspecified atom stereocenters. The number of hydrogen-bond acceptors (Lipinski definition) is 3. The standard InChI is InChI=1S/C11H6F2N2O3/c12-7-1-4-9-5(8(7)13)2-14-15(9)3-6(10(4)16)11(17)18/h1,3,14H,2H2,(H,17,18). The van der Waals surface area contributed by atoms with Gasteiger partial charge in [0, 0.05) is 11.8 Å². The number of rotatable bonds is 1. The number of nitrogens with zero attached hydrogens (tertiary/aromatic N) is 1. The summed E-state index contributed by atoms with van der Waals surface area (Å²) in [6, 6.07) is 0.729. The highest BCUT2D eigenvalue weighted by Crippen LogP contribution is 2.26. The Hall–Kier alpha value is -2.44. The number of aromatic nitrogens is 1. The van der Waals surface area contributed by atoms with Gasteiger partial charge in [0.05, 0.1) is 17.4 Å². The predicted octanol–water partition coefficient (Wildman–Crippen LogP) is 1.03.